The molecule has 0 saturated carbocycles. The van der Waals surface area contributed by atoms with Gasteiger partial charge < -0.3 is 18.8 Å². The average Bonchev–Trinajstić information content (AvgIpc) is 3.52. The minimum Gasteiger partial charge on any atom is -0.454 e. The minimum atomic E-state index is -0.470. The van der Waals surface area contributed by atoms with Crippen molar-refractivity contribution < 1.29 is 23.8 Å². The Morgan fingerprint density at radius 2 is 1.82 bits per heavy atom. The van der Waals surface area contributed by atoms with Crippen LogP contribution in [0.5, 0.6) is 11.5 Å². The van der Waals surface area contributed by atoms with Gasteiger partial charge in [0.05, 0.1) is 11.1 Å². The van der Waals surface area contributed by atoms with Crippen molar-refractivity contribution in [3.05, 3.63) is 82.3 Å². The summed E-state index contributed by atoms with van der Waals surface area (Å²) in [5.41, 5.74) is 6.44. The van der Waals surface area contributed by atoms with Crippen molar-refractivity contribution in [2.45, 2.75) is 53.9 Å². The Hall–Kier alpha value is -4.13. The number of ketones is 1. The first-order valence-corrected chi connectivity index (χ1v) is 13.8. The van der Waals surface area contributed by atoms with Crippen LogP contribution in [0.1, 0.15) is 70.6 Å². The molecule has 2 aromatic carbocycles. The van der Waals surface area contributed by atoms with Crippen LogP contribution in [0.25, 0.3) is 16.6 Å². The zero-order chi connectivity index (χ0) is 28.2. The van der Waals surface area contributed by atoms with Crippen LogP contribution in [0.4, 0.5) is 0 Å². The van der Waals surface area contributed by atoms with Gasteiger partial charge in [0.15, 0.2) is 18.1 Å². The number of rotatable bonds is 5. The Morgan fingerprint density at radius 3 is 2.62 bits per heavy atom. The number of hydrogen-bond acceptors (Lipinski definition) is 6. The molecule has 7 heteroatoms. The molecular weight excluding hydrogens is 504 g/mol. The summed E-state index contributed by atoms with van der Waals surface area (Å²) in [6.45, 7) is 10.4. The molecule has 6 rings (SSSR count). The molecule has 7 nitrogen and oxygen atoms in total. The summed E-state index contributed by atoms with van der Waals surface area (Å²) in [6.07, 6.45) is 2.63. The Kier molecular flexibility index (Phi) is 6.40. The fraction of sp³-hybridized carbons (Fsp3) is 0.364. The molecule has 1 atom stereocenters. The summed E-state index contributed by atoms with van der Waals surface area (Å²) in [5, 5.41) is 0.772. The molecule has 0 fully saturated rings. The quantitative estimate of drug-likeness (QED) is 0.211. The molecule has 3 heterocycles. The summed E-state index contributed by atoms with van der Waals surface area (Å²) >= 11 is 0. The molecule has 0 amide bonds. The third-order valence-electron chi connectivity index (χ3n) is 8.37. The van der Waals surface area contributed by atoms with E-state index in [9.17, 15) is 9.59 Å². The molecule has 1 aliphatic carbocycles. The van der Waals surface area contributed by atoms with Gasteiger partial charge in [-0.1, -0.05) is 39.0 Å². The van der Waals surface area contributed by atoms with Gasteiger partial charge >= 0.3 is 5.97 Å². The van der Waals surface area contributed by atoms with E-state index in [0.717, 1.165) is 58.5 Å². The molecule has 0 bridgehead atoms. The van der Waals surface area contributed by atoms with E-state index in [2.05, 4.69) is 20.8 Å². The predicted molar refractivity (Wildman–Crippen MR) is 153 cm³/mol. The van der Waals surface area contributed by atoms with E-state index in [1.165, 1.54) is 0 Å². The smallest absolute Gasteiger partial charge is 0.339 e. The normalized spacial score (nSPS) is 16.2. The largest absolute Gasteiger partial charge is 0.454 e. The summed E-state index contributed by atoms with van der Waals surface area (Å²) in [7, 11) is 0. The second-order valence-corrected chi connectivity index (χ2v) is 11.9. The molecule has 40 heavy (non-hydrogen) atoms. The van der Waals surface area contributed by atoms with E-state index in [0.29, 0.717) is 28.5 Å². The first kappa shape index (κ1) is 26.1. The molecule has 2 aliphatic rings. The van der Waals surface area contributed by atoms with E-state index < -0.39 is 5.97 Å². The number of benzene rings is 2. The van der Waals surface area contributed by atoms with E-state index in [1.807, 2.05) is 66.9 Å². The zero-order valence-corrected chi connectivity index (χ0v) is 23.7. The van der Waals surface area contributed by atoms with Crippen LogP contribution in [0.15, 0.2) is 48.5 Å². The Balaban J connectivity index is 1.27. The van der Waals surface area contributed by atoms with Crippen molar-refractivity contribution in [2.24, 2.45) is 11.3 Å². The second kappa shape index (κ2) is 9.81. The molecule has 4 aromatic rings. The van der Waals surface area contributed by atoms with E-state index >= 15 is 0 Å². The highest BCUT2D eigenvalue weighted by Gasteiger charge is 2.33. The second-order valence-electron chi connectivity index (χ2n) is 11.9. The molecule has 0 N–H and O–H groups in total. The van der Waals surface area contributed by atoms with Crippen molar-refractivity contribution in [3.8, 4) is 17.2 Å². The number of carbonyl (C=O) groups is 2. The van der Waals surface area contributed by atoms with Gasteiger partial charge in [-0.3, -0.25) is 9.78 Å². The third kappa shape index (κ3) is 4.53. The standard InChI is InChI=1S/C33H34N2O5/c1-19-14-24(20(2)35(19)22-11-13-29-30(16-22)40-18-39-29)28(36)17-38-32(37)31-23-8-6-7-9-26(23)34-27-12-10-21(15-25(27)31)33(3,4)5/h6-9,11,13-14,16,21H,10,12,15,17-18H2,1-5H3/t21-/m1/s1. The lowest BCUT2D eigenvalue weighted by atomic mass is 9.70. The van der Waals surface area contributed by atoms with Gasteiger partial charge in [0, 0.05) is 39.8 Å². The SMILES string of the molecule is Cc1cc(C(=O)COC(=O)c2c3c(nc4ccccc24)CC[C@@H](C(C)(C)C)C3)c(C)n1-c1ccc2c(c1)OCO2. The number of Topliss-reactive ketones (excluding diaryl/α,β-unsaturated/α-hetero) is 1. The van der Waals surface area contributed by atoms with Crippen LogP contribution >= 0.6 is 0 Å². The topological polar surface area (TPSA) is 79.7 Å². The lowest BCUT2D eigenvalue weighted by Crippen LogP contribution is -2.29. The first-order valence-electron chi connectivity index (χ1n) is 13.8. The summed E-state index contributed by atoms with van der Waals surface area (Å²) in [4.78, 5) is 31.9. The number of esters is 1. The first-order chi connectivity index (χ1) is 19.1. The van der Waals surface area contributed by atoms with Gasteiger partial charge in [-0.15, -0.1) is 0 Å². The maximum atomic E-state index is 13.7. The van der Waals surface area contributed by atoms with Crippen LogP contribution in [0, 0.1) is 25.2 Å². The predicted octanol–water partition coefficient (Wildman–Crippen LogP) is 6.56. The Bertz CT molecular complexity index is 1660. The summed E-state index contributed by atoms with van der Waals surface area (Å²) < 4.78 is 18.7. The number of carbonyl (C=O) groups excluding carboxylic acids is 2. The average molecular weight is 539 g/mol. The van der Waals surface area contributed by atoms with Gasteiger partial charge in [0.2, 0.25) is 12.6 Å². The van der Waals surface area contributed by atoms with Crippen LogP contribution < -0.4 is 9.47 Å². The fourth-order valence-electron chi connectivity index (χ4n) is 6.11. The highest BCUT2D eigenvalue weighted by Crippen LogP contribution is 2.40. The van der Waals surface area contributed by atoms with Crippen LogP contribution in [0.2, 0.25) is 0 Å². The van der Waals surface area contributed by atoms with E-state index in [4.69, 9.17) is 19.2 Å². The lowest BCUT2D eigenvalue weighted by Gasteiger charge is -2.35. The minimum absolute atomic E-state index is 0.112. The monoisotopic (exact) mass is 538 g/mol. The Labute approximate surface area is 234 Å². The molecule has 0 spiro atoms. The highest BCUT2D eigenvalue weighted by molar-refractivity contribution is 6.06. The number of hydrogen-bond donors (Lipinski definition) is 0. The van der Waals surface area contributed by atoms with Gasteiger partial charge in [-0.25, -0.2) is 4.79 Å². The van der Waals surface area contributed by atoms with Crippen LogP contribution in [-0.2, 0) is 17.6 Å². The van der Waals surface area contributed by atoms with Crippen molar-refractivity contribution in [3.63, 3.8) is 0 Å². The van der Waals surface area contributed by atoms with Gasteiger partial charge in [-0.05, 0) is 74.3 Å². The molecule has 2 aromatic heterocycles. The lowest BCUT2D eigenvalue weighted by molar-refractivity contribution is 0.0474. The number of aromatic nitrogens is 2. The van der Waals surface area contributed by atoms with Crippen LogP contribution in [-0.4, -0.2) is 34.7 Å². The van der Waals surface area contributed by atoms with Crippen molar-refractivity contribution >= 4 is 22.7 Å². The molecule has 0 radical (unpaired) electrons. The van der Waals surface area contributed by atoms with E-state index in [1.54, 1.807) is 0 Å². The highest BCUT2D eigenvalue weighted by atomic mass is 16.7. The number of fused-ring (bicyclic) bond motifs is 3. The number of aryl methyl sites for hydroxylation is 2. The maximum Gasteiger partial charge on any atom is 0.339 e. The van der Waals surface area contributed by atoms with Gasteiger partial charge in [0.25, 0.3) is 0 Å². The molecule has 0 unspecified atom stereocenters. The van der Waals surface area contributed by atoms with Crippen LogP contribution in [0.3, 0.4) is 0 Å². The number of nitrogens with zero attached hydrogens (tertiary/aromatic N) is 2. The van der Waals surface area contributed by atoms with Gasteiger partial charge in [-0.2, -0.15) is 0 Å². The summed E-state index contributed by atoms with van der Waals surface area (Å²) in [6, 6.07) is 15.2. The van der Waals surface area contributed by atoms with Gasteiger partial charge in [0.1, 0.15) is 0 Å². The third-order valence-corrected chi connectivity index (χ3v) is 8.37. The Morgan fingerprint density at radius 1 is 1.05 bits per heavy atom. The maximum absolute atomic E-state index is 13.7. The molecule has 206 valence electrons. The molecule has 1 aliphatic heterocycles. The number of para-hydroxylation sites is 1. The van der Waals surface area contributed by atoms with Crippen molar-refractivity contribution in [2.75, 3.05) is 13.4 Å². The van der Waals surface area contributed by atoms with E-state index in [-0.39, 0.29) is 24.6 Å². The summed E-state index contributed by atoms with van der Waals surface area (Å²) in [5.74, 6) is 1.09. The molecule has 0 saturated heterocycles. The number of pyridine rings is 1. The fourth-order valence-corrected chi connectivity index (χ4v) is 6.11. The number of ether oxygens (including phenoxy) is 3. The zero-order valence-electron chi connectivity index (χ0n) is 23.7. The molecular formula is C33H34N2O5. The van der Waals surface area contributed by atoms with Crippen molar-refractivity contribution in [1.29, 1.82) is 0 Å². The van der Waals surface area contributed by atoms with Crippen molar-refractivity contribution in [1.82, 2.24) is 9.55 Å².